The molecule has 0 aliphatic heterocycles. The van der Waals surface area contributed by atoms with E-state index in [0.717, 1.165) is 36.8 Å². The van der Waals surface area contributed by atoms with Crippen LogP contribution in [0.4, 0.5) is 0 Å². The van der Waals surface area contributed by atoms with Crippen molar-refractivity contribution in [2.24, 2.45) is 0 Å². The molecule has 0 bridgehead atoms. The fraction of sp³-hybridized carbons (Fsp3) is 0.467. The second-order valence-corrected chi connectivity index (χ2v) is 5.24. The van der Waals surface area contributed by atoms with Crippen LogP contribution in [0.3, 0.4) is 0 Å². The van der Waals surface area contributed by atoms with Crippen molar-refractivity contribution in [2.45, 2.75) is 31.3 Å². The maximum absolute atomic E-state index is 11.0. The third kappa shape index (κ3) is 2.51. The Labute approximate surface area is 108 Å². The van der Waals surface area contributed by atoms with Crippen molar-refractivity contribution in [1.82, 2.24) is 4.90 Å². The number of aliphatic hydroxyl groups is 1. The van der Waals surface area contributed by atoms with E-state index in [1.807, 2.05) is 31.3 Å². The molecule has 3 nitrogen and oxygen atoms in total. The molecule has 1 fully saturated rings. The third-order valence-electron chi connectivity index (χ3n) is 3.50. The monoisotopic (exact) mass is 247 g/mol. The van der Waals surface area contributed by atoms with Crippen LogP contribution in [0.2, 0.25) is 0 Å². The van der Waals surface area contributed by atoms with Crippen molar-refractivity contribution in [1.29, 1.82) is 0 Å². The van der Waals surface area contributed by atoms with Crippen LogP contribution in [0.15, 0.2) is 36.0 Å². The fourth-order valence-corrected chi connectivity index (χ4v) is 2.64. The molecule has 3 heteroatoms. The lowest BCUT2D eigenvalue weighted by atomic mass is 9.76. The summed E-state index contributed by atoms with van der Waals surface area (Å²) in [7, 11) is 3.93. The molecule has 0 radical (unpaired) electrons. The normalized spacial score (nSPS) is 26.3. The molecule has 2 N–H and O–H groups in total. The number of hydrogen-bond donors (Lipinski definition) is 2. The summed E-state index contributed by atoms with van der Waals surface area (Å²) in [6, 6.07) is 6.96. The Morgan fingerprint density at radius 2 is 2.06 bits per heavy atom. The van der Waals surface area contributed by atoms with Gasteiger partial charge < -0.3 is 15.1 Å². The van der Waals surface area contributed by atoms with Crippen molar-refractivity contribution in [2.75, 3.05) is 14.1 Å². The van der Waals surface area contributed by atoms with Crippen molar-refractivity contribution >= 4 is 0 Å². The SMILES string of the molecule is CN(C)C=C1CCCC[C@@]1(O)c1cccc(O)c1. The van der Waals surface area contributed by atoms with Crippen LogP contribution in [0, 0.1) is 0 Å². The molecule has 2 rings (SSSR count). The molecule has 0 aromatic heterocycles. The number of hydrogen-bond acceptors (Lipinski definition) is 3. The first-order valence-corrected chi connectivity index (χ1v) is 6.42. The van der Waals surface area contributed by atoms with Crippen molar-refractivity contribution < 1.29 is 10.2 Å². The molecule has 1 aliphatic rings. The Bertz CT molecular complexity index is 454. The fourth-order valence-electron chi connectivity index (χ4n) is 2.64. The zero-order valence-electron chi connectivity index (χ0n) is 11.1. The highest BCUT2D eigenvalue weighted by Gasteiger charge is 2.36. The highest BCUT2D eigenvalue weighted by Crippen LogP contribution is 2.42. The van der Waals surface area contributed by atoms with E-state index in [4.69, 9.17) is 0 Å². The average molecular weight is 247 g/mol. The summed E-state index contributed by atoms with van der Waals surface area (Å²) in [6.45, 7) is 0. The minimum atomic E-state index is -0.929. The molecule has 0 spiro atoms. The first kappa shape index (κ1) is 13.0. The molecule has 0 unspecified atom stereocenters. The van der Waals surface area contributed by atoms with Gasteiger partial charge in [0.25, 0.3) is 0 Å². The maximum Gasteiger partial charge on any atom is 0.115 e. The van der Waals surface area contributed by atoms with Gasteiger partial charge in [0, 0.05) is 20.3 Å². The first-order valence-electron chi connectivity index (χ1n) is 6.42. The molecule has 1 aliphatic carbocycles. The second kappa shape index (κ2) is 5.02. The topological polar surface area (TPSA) is 43.7 Å². The predicted molar refractivity (Wildman–Crippen MR) is 72.2 cm³/mol. The molecule has 18 heavy (non-hydrogen) atoms. The number of benzene rings is 1. The number of nitrogens with zero attached hydrogens (tertiary/aromatic N) is 1. The zero-order chi connectivity index (χ0) is 13.2. The van der Waals surface area contributed by atoms with Gasteiger partial charge >= 0.3 is 0 Å². The summed E-state index contributed by atoms with van der Waals surface area (Å²) in [5.74, 6) is 0.204. The highest BCUT2D eigenvalue weighted by atomic mass is 16.3. The Morgan fingerprint density at radius 3 is 2.72 bits per heavy atom. The highest BCUT2D eigenvalue weighted by molar-refractivity contribution is 5.38. The summed E-state index contributed by atoms with van der Waals surface area (Å²) in [5, 5.41) is 20.6. The van der Waals surface area contributed by atoms with Crippen LogP contribution in [-0.4, -0.2) is 29.2 Å². The largest absolute Gasteiger partial charge is 0.508 e. The van der Waals surface area contributed by atoms with Gasteiger partial charge in [-0.1, -0.05) is 12.1 Å². The Kier molecular flexibility index (Phi) is 3.62. The number of aromatic hydroxyl groups is 1. The zero-order valence-corrected chi connectivity index (χ0v) is 11.1. The number of rotatable bonds is 2. The van der Waals surface area contributed by atoms with E-state index in [1.165, 1.54) is 0 Å². The predicted octanol–water partition coefficient (Wildman–Crippen LogP) is 2.60. The van der Waals surface area contributed by atoms with Crippen LogP contribution < -0.4 is 0 Å². The lowest BCUT2D eigenvalue weighted by Crippen LogP contribution is -2.32. The van der Waals surface area contributed by atoms with Gasteiger partial charge in [0.15, 0.2) is 0 Å². The minimum Gasteiger partial charge on any atom is -0.508 e. The van der Waals surface area contributed by atoms with Gasteiger partial charge in [0.05, 0.1) is 0 Å². The maximum atomic E-state index is 11.0. The van der Waals surface area contributed by atoms with Gasteiger partial charge in [0.1, 0.15) is 11.4 Å². The molecule has 1 aromatic carbocycles. The molecule has 0 heterocycles. The molecule has 1 saturated carbocycles. The Hall–Kier alpha value is -1.48. The summed E-state index contributed by atoms with van der Waals surface area (Å²) >= 11 is 0. The lowest BCUT2D eigenvalue weighted by molar-refractivity contribution is 0.0468. The van der Waals surface area contributed by atoms with E-state index >= 15 is 0 Å². The van der Waals surface area contributed by atoms with Crippen LogP contribution in [0.1, 0.15) is 31.2 Å². The van der Waals surface area contributed by atoms with E-state index in [9.17, 15) is 10.2 Å². The van der Waals surface area contributed by atoms with Gasteiger partial charge in [-0.25, -0.2) is 0 Å². The molecule has 0 amide bonds. The van der Waals surface area contributed by atoms with Crippen molar-refractivity contribution in [3.63, 3.8) is 0 Å². The van der Waals surface area contributed by atoms with Crippen LogP contribution >= 0.6 is 0 Å². The standard InChI is InChI=1S/C15H21NO2/c1-16(2)11-13-6-3-4-9-15(13,18)12-7-5-8-14(17)10-12/h5,7-8,10-11,17-18H,3-4,6,9H2,1-2H3/t15-/m1/s1. The average Bonchev–Trinajstić information content (AvgIpc) is 2.32. The Balaban J connectivity index is 2.42. The summed E-state index contributed by atoms with van der Waals surface area (Å²) in [5.41, 5.74) is 0.890. The van der Waals surface area contributed by atoms with E-state index < -0.39 is 5.60 Å². The quantitative estimate of drug-likeness (QED) is 0.844. The molecule has 98 valence electrons. The molecular formula is C15H21NO2. The van der Waals surface area contributed by atoms with Gasteiger partial charge in [-0.3, -0.25) is 0 Å². The minimum absolute atomic E-state index is 0.204. The number of phenols is 1. The summed E-state index contributed by atoms with van der Waals surface area (Å²) in [6.07, 6.45) is 5.75. The van der Waals surface area contributed by atoms with Crippen molar-refractivity contribution in [3.8, 4) is 5.75 Å². The van der Waals surface area contributed by atoms with Gasteiger partial charge in [-0.2, -0.15) is 0 Å². The molecule has 1 atom stereocenters. The first-order chi connectivity index (χ1) is 8.52. The lowest BCUT2D eigenvalue weighted by Gasteiger charge is -2.36. The van der Waals surface area contributed by atoms with E-state index in [1.54, 1.807) is 18.2 Å². The summed E-state index contributed by atoms with van der Waals surface area (Å²) in [4.78, 5) is 1.97. The molecule has 1 aromatic rings. The van der Waals surface area contributed by atoms with E-state index in [2.05, 4.69) is 0 Å². The van der Waals surface area contributed by atoms with Gasteiger partial charge in [0.2, 0.25) is 0 Å². The number of phenolic OH excluding ortho intramolecular Hbond substituents is 1. The van der Waals surface area contributed by atoms with Crippen LogP contribution in [-0.2, 0) is 5.60 Å². The summed E-state index contributed by atoms with van der Waals surface area (Å²) < 4.78 is 0. The van der Waals surface area contributed by atoms with Gasteiger partial charge in [-0.05, 0) is 49.0 Å². The third-order valence-corrected chi connectivity index (χ3v) is 3.50. The van der Waals surface area contributed by atoms with Crippen LogP contribution in [0.5, 0.6) is 5.75 Å². The van der Waals surface area contributed by atoms with E-state index in [-0.39, 0.29) is 5.75 Å². The molecular weight excluding hydrogens is 226 g/mol. The second-order valence-electron chi connectivity index (χ2n) is 5.24. The van der Waals surface area contributed by atoms with Crippen LogP contribution in [0.25, 0.3) is 0 Å². The molecule has 0 saturated heterocycles. The van der Waals surface area contributed by atoms with Gasteiger partial charge in [-0.15, -0.1) is 0 Å². The van der Waals surface area contributed by atoms with Crippen molar-refractivity contribution in [3.05, 3.63) is 41.6 Å². The van der Waals surface area contributed by atoms with E-state index in [0.29, 0.717) is 0 Å². The Morgan fingerprint density at radius 1 is 1.28 bits per heavy atom. The smallest absolute Gasteiger partial charge is 0.115 e.